The molecule has 2 rings (SSSR count). The third-order valence-electron chi connectivity index (χ3n) is 4.11. The van der Waals surface area contributed by atoms with E-state index in [-0.39, 0.29) is 33.4 Å². The van der Waals surface area contributed by atoms with Gasteiger partial charge in [0.05, 0.1) is 22.0 Å². The van der Waals surface area contributed by atoms with Gasteiger partial charge in [0.1, 0.15) is 22.9 Å². The number of carbonyl (C=O) groups is 3. The molecule has 11 nitrogen and oxygen atoms in total. The van der Waals surface area contributed by atoms with Gasteiger partial charge in [-0.2, -0.15) is 5.10 Å². The van der Waals surface area contributed by atoms with Crippen LogP contribution in [0.5, 0.6) is 0 Å². The van der Waals surface area contributed by atoms with Crippen molar-refractivity contribution in [3.63, 3.8) is 0 Å². The molecule has 0 aromatic carbocycles. The topological polar surface area (TPSA) is 159 Å². The first-order valence-electron chi connectivity index (χ1n) is 8.69. The first-order chi connectivity index (χ1) is 13.6. The van der Waals surface area contributed by atoms with Gasteiger partial charge in [0.2, 0.25) is 5.91 Å². The third kappa shape index (κ3) is 4.59. The molecule has 0 bridgehead atoms. The van der Waals surface area contributed by atoms with E-state index in [1.807, 2.05) is 6.92 Å². The van der Waals surface area contributed by atoms with Crippen molar-refractivity contribution in [2.24, 2.45) is 5.73 Å². The number of rotatable bonds is 8. The maximum absolute atomic E-state index is 12.7. The van der Waals surface area contributed by atoms with Gasteiger partial charge in [0, 0.05) is 0 Å². The Hall–Kier alpha value is -3.28. The van der Waals surface area contributed by atoms with Crippen LogP contribution in [0, 0.1) is 24.0 Å². The molecule has 2 amide bonds. The fourth-order valence-corrected chi connectivity index (χ4v) is 3.59. The molecule has 0 aliphatic heterocycles. The summed E-state index contributed by atoms with van der Waals surface area (Å²) in [7, 11) is 0. The Kier molecular flexibility index (Phi) is 6.69. The lowest BCUT2D eigenvalue weighted by Gasteiger charge is -2.12. The smallest absolute Gasteiger partial charge is 0.341 e. The fourth-order valence-electron chi connectivity index (χ4n) is 2.54. The van der Waals surface area contributed by atoms with Gasteiger partial charge in [-0.15, -0.1) is 11.3 Å². The van der Waals surface area contributed by atoms with Crippen LogP contribution in [0.25, 0.3) is 0 Å². The number of nitro groups is 1. The minimum absolute atomic E-state index is 0.0560. The maximum Gasteiger partial charge on any atom is 0.341 e. The quantitative estimate of drug-likeness (QED) is 0.374. The molecule has 12 heteroatoms. The summed E-state index contributed by atoms with van der Waals surface area (Å²) in [4.78, 5) is 47.3. The highest BCUT2D eigenvalue weighted by Gasteiger charge is 2.28. The second kappa shape index (κ2) is 8.82. The monoisotopic (exact) mass is 423 g/mol. The van der Waals surface area contributed by atoms with E-state index in [4.69, 9.17) is 10.5 Å². The van der Waals surface area contributed by atoms with Crippen molar-refractivity contribution in [3.8, 4) is 0 Å². The van der Waals surface area contributed by atoms with Crippen molar-refractivity contribution in [3.05, 3.63) is 38.0 Å². The number of hydrogen-bond donors (Lipinski definition) is 2. The minimum Gasteiger partial charge on any atom is -0.462 e. The molecular weight excluding hydrogens is 402 g/mol. The minimum atomic E-state index is -0.915. The van der Waals surface area contributed by atoms with Gasteiger partial charge >= 0.3 is 11.7 Å². The van der Waals surface area contributed by atoms with Gasteiger partial charge in [-0.25, -0.2) is 4.79 Å². The summed E-state index contributed by atoms with van der Waals surface area (Å²) in [5, 5.41) is 17.7. The van der Waals surface area contributed by atoms with Crippen molar-refractivity contribution in [1.82, 2.24) is 9.78 Å². The zero-order valence-electron chi connectivity index (χ0n) is 16.3. The van der Waals surface area contributed by atoms with E-state index in [0.29, 0.717) is 12.0 Å². The molecule has 2 aromatic rings. The number of nitrogens with one attached hydrogen (secondary N) is 1. The van der Waals surface area contributed by atoms with Crippen LogP contribution < -0.4 is 11.1 Å². The standard InChI is InChI=1S/C17H21N5O6S/c1-5-6-28-17(25)12-8(2)13(14(18)23)29-16(12)19-15(24)10(4)21-7-11(22(26)27)9(3)20-21/h7,10H,5-6H2,1-4H3,(H2,18,23)(H,19,24). The lowest BCUT2D eigenvalue weighted by molar-refractivity contribution is -0.385. The number of nitrogens with zero attached hydrogens (tertiary/aromatic N) is 3. The Morgan fingerprint density at radius 2 is 2.07 bits per heavy atom. The molecule has 0 saturated heterocycles. The Morgan fingerprint density at radius 1 is 1.41 bits per heavy atom. The molecule has 0 aliphatic carbocycles. The van der Waals surface area contributed by atoms with Crippen LogP contribution in [0.15, 0.2) is 6.20 Å². The van der Waals surface area contributed by atoms with Crippen LogP contribution in [0.3, 0.4) is 0 Å². The van der Waals surface area contributed by atoms with E-state index >= 15 is 0 Å². The summed E-state index contributed by atoms with van der Waals surface area (Å²) >= 11 is 0.865. The Labute approximate surface area is 170 Å². The number of hydrogen-bond acceptors (Lipinski definition) is 8. The number of ether oxygens (including phenoxy) is 1. The number of amides is 2. The number of anilines is 1. The average molecular weight is 423 g/mol. The first kappa shape index (κ1) is 22.0. The number of aromatic nitrogens is 2. The molecule has 2 aromatic heterocycles. The van der Waals surface area contributed by atoms with Crippen molar-refractivity contribution in [1.29, 1.82) is 0 Å². The van der Waals surface area contributed by atoms with Gasteiger partial charge in [0.15, 0.2) is 0 Å². The molecule has 1 atom stereocenters. The van der Waals surface area contributed by atoms with Crippen molar-refractivity contribution < 1.29 is 24.0 Å². The van der Waals surface area contributed by atoms with Gasteiger partial charge in [0.25, 0.3) is 5.91 Å². The van der Waals surface area contributed by atoms with E-state index in [1.165, 1.54) is 13.8 Å². The largest absolute Gasteiger partial charge is 0.462 e. The molecule has 0 aliphatic rings. The van der Waals surface area contributed by atoms with E-state index in [9.17, 15) is 24.5 Å². The van der Waals surface area contributed by atoms with Crippen LogP contribution in [0.1, 0.15) is 57.6 Å². The second-order valence-corrected chi connectivity index (χ2v) is 7.28. The predicted octanol–water partition coefficient (Wildman–Crippen LogP) is 2.34. The first-order valence-corrected chi connectivity index (χ1v) is 9.51. The molecule has 0 spiro atoms. The van der Waals surface area contributed by atoms with E-state index in [2.05, 4.69) is 10.4 Å². The molecule has 0 fully saturated rings. The van der Waals surface area contributed by atoms with Crippen molar-refractivity contribution in [2.45, 2.75) is 40.2 Å². The Morgan fingerprint density at radius 3 is 2.59 bits per heavy atom. The molecule has 3 N–H and O–H groups in total. The third-order valence-corrected chi connectivity index (χ3v) is 5.33. The predicted molar refractivity (Wildman–Crippen MR) is 105 cm³/mol. The lowest BCUT2D eigenvalue weighted by Crippen LogP contribution is -2.24. The fraction of sp³-hybridized carbons (Fsp3) is 0.412. The van der Waals surface area contributed by atoms with E-state index in [1.54, 1.807) is 6.92 Å². The van der Waals surface area contributed by atoms with Crippen LogP contribution in [0.2, 0.25) is 0 Å². The highest BCUT2D eigenvalue weighted by molar-refractivity contribution is 7.18. The summed E-state index contributed by atoms with van der Waals surface area (Å²) in [6.07, 6.45) is 1.76. The normalized spacial score (nSPS) is 11.7. The van der Waals surface area contributed by atoms with Crippen LogP contribution in [0.4, 0.5) is 10.7 Å². The summed E-state index contributed by atoms with van der Waals surface area (Å²) in [5.74, 6) is -1.99. The zero-order chi connectivity index (χ0) is 21.9. The molecular formula is C17H21N5O6S. The van der Waals surface area contributed by atoms with Gasteiger partial charge < -0.3 is 15.8 Å². The van der Waals surface area contributed by atoms with Crippen molar-refractivity contribution >= 4 is 39.8 Å². The molecule has 0 saturated carbocycles. The zero-order valence-corrected chi connectivity index (χ0v) is 17.2. The maximum atomic E-state index is 12.7. The molecule has 1 unspecified atom stereocenters. The number of aryl methyl sites for hydroxylation is 1. The summed E-state index contributed by atoms with van der Waals surface area (Å²) < 4.78 is 6.30. The number of nitrogens with two attached hydrogens (primary N) is 1. The molecule has 2 heterocycles. The van der Waals surface area contributed by atoms with Gasteiger partial charge in [-0.1, -0.05) is 6.92 Å². The highest BCUT2D eigenvalue weighted by atomic mass is 32.1. The van der Waals surface area contributed by atoms with Gasteiger partial charge in [-0.3, -0.25) is 24.4 Å². The van der Waals surface area contributed by atoms with Crippen molar-refractivity contribution in [2.75, 3.05) is 11.9 Å². The summed E-state index contributed by atoms with van der Waals surface area (Å²) in [5.41, 5.74) is 5.68. The summed E-state index contributed by atoms with van der Waals surface area (Å²) in [6, 6.07) is -0.915. The molecule has 0 radical (unpaired) electrons. The highest BCUT2D eigenvalue weighted by Crippen LogP contribution is 2.34. The Balaban J connectivity index is 2.34. The van der Waals surface area contributed by atoms with Gasteiger partial charge in [-0.05, 0) is 32.8 Å². The second-order valence-electron chi connectivity index (χ2n) is 6.26. The van der Waals surface area contributed by atoms with Crippen LogP contribution >= 0.6 is 11.3 Å². The average Bonchev–Trinajstić information content (AvgIpc) is 3.19. The molecule has 29 heavy (non-hydrogen) atoms. The lowest BCUT2D eigenvalue weighted by atomic mass is 10.1. The number of thiophene rings is 1. The van der Waals surface area contributed by atoms with E-state index < -0.39 is 28.7 Å². The summed E-state index contributed by atoms with van der Waals surface area (Å²) in [6.45, 7) is 6.51. The number of primary amides is 1. The Bertz CT molecular complexity index is 979. The number of carbonyl (C=O) groups excluding carboxylic acids is 3. The van der Waals surface area contributed by atoms with E-state index in [0.717, 1.165) is 22.2 Å². The SMILES string of the molecule is CCCOC(=O)c1c(NC(=O)C(C)n2cc([N+](=O)[O-])c(C)n2)sc(C(N)=O)c1C. The van der Waals surface area contributed by atoms with Crippen LogP contribution in [-0.2, 0) is 9.53 Å². The number of esters is 1. The van der Waals surface area contributed by atoms with Crippen LogP contribution in [-0.4, -0.2) is 39.1 Å². The molecule has 156 valence electrons.